The molecule has 0 aromatic carbocycles. The van der Waals surface area contributed by atoms with Gasteiger partial charge in [0, 0.05) is 37.6 Å². The van der Waals surface area contributed by atoms with Crippen LogP contribution in [0, 0.1) is 11.3 Å². The number of carbonyl (C=O) groups is 1. The molecule has 0 radical (unpaired) electrons. The molecule has 0 unspecified atom stereocenters. The minimum Gasteiger partial charge on any atom is -0.466 e. The second-order valence-corrected chi connectivity index (χ2v) is 6.60. The minimum absolute atomic E-state index is 0.158. The average molecular weight is 394 g/mol. The average Bonchev–Trinajstić information content (AvgIpc) is 3.27. The van der Waals surface area contributed by atoms with E-state index in [4.69, 9.17) is 20.6 Å². The Bertz CT molecular complexity index is 1110. The van der Waals surface area contributed by atoms with Crippen LogP contribution in [0.2, 0.25) is 0 Å². The van der Waals surface area contributed by atoms with Crippen LogP contribution >= 0.6 is 0 Å². The number of nitrogens with zero attached hydrogens (tertiary/aromatic N) is 4. The Morgan fingerprint density at radius 3 is 2.72 bits per heavy atom. The first kappa shape index (κ1) is 18.4. The van der Waals surface area contributed by atoms with E-state index in [0.717, 1.165) is 0 Å². The smallest absolute Gasteiger partial charge is 0.289 e. The van der Waals surface area contributed by atoms with Gasteiger partial charge in [-0.05, 0) is 12.1 Å². The SMILES string of the molecule is COc1cc2c(C#N)c(N3CCN(C(=O)c4ccco4)CC3)nc(N)c2c(N)[nH+]1. The number of ether oxygens (including phenoxy) is 1. The van der Waals surface area contributed by atoms with Crippen molar-refractivity contribution < 1.29 is 18.9 Å². The number of fused-ring (bicyclic) bond motifs is 1. The fourth-order valence-corrected chi connectivity index (χ4v) is 3.53. The summed E-state index contributed by atoms with van der Waals surface area (Å²) in [7, 11) is 1.50. The summed E-state index contributed by atoms with van der Waals surface area (Å²) in [5.41, 5.74) is 12.6. The molecule has 148 valence electrons. The molecule has 1 fully saturated rings. The van der Waals surface area contributed by atoms with Gasteiger partial charge in [-0.3, -0.25) is 10.5 Å². The number of nitrogens with two attached hydrogens (primary N) is 2. The molecule has 3 aromatic rings. The summed E-state index contributed by atoms with van der Waals surface area (Å²) in [4.78, 5) is 23.4. The second kappa shape index (κ2) is 7.20. The summed E-state index contributed by atoms with van der Waals surface area (Å²) >= 11 is 0. The van der Waals surface area contributed by atoms with Crippen LogP contribution in [0.4, 0.5) is 17.5 Å². The number of aromatic amines is 1. The van der Waals surface area contributed by atoms with Crippen molar-refractivity contribution in [3.63, 3.8) is 0 Å². The van der Waals surface area contributed by atoms with Gasteiger partial charge < -0.3 is 24.7 Å². The van der Waals surface area contributed by atoms with Crippen molar-refractivity contribution in [3.8, 4) is 11.9 Å². The number of nitrogens with one attached hydrogen (secondary N) is 1. The maximum Gasteiger partial charge on any atom is 0.289 e. The van der Waals surface area contributed by atoms with Gasteiger partial charge in [0.25, 0.3) is 17.6 Å². The summed E-state index contributed by atoms with van der Waals surface area (Å²) in [5, 5.41) is 10.9. The normalized spacial score (nSPS) is 14.1. The number of aromatic nitrogens is 2. The van der Waals surface area contributed by atoms with Crippen LogP contribution in [0.1, 0.15) is 16.1 Å². The molecule has 10 heteroatoms. The highest BCUT2D eigenvalue weighted by molar-refractivity contribution is 6.03. The summed E-state index contributed by atoms with van der Waals surface area (Å²) in [5.74, 6) is 1.53. The van der Waals surface area contributed by atoms with Crippen LogP contribution in [-0.2, 0) is 0 Å². The van der Waals surface area contributed by atoms with E-state index in [1.807, 2.05) is 4.90 Å². The second-order valence-electron chi connectivity index (χ2n) is 6.60. The third-order valence-electron chi connectivity index (χ3n) is 4.98. The van der Waals surface area contributed by atoms with Crippen LogP contribution < -0.4 is 26.1 Å². The summed E-state index contributed by atoms with van der Waals surface area (Å²) in [6.07, 6.45) is 1.47. The zero-order chi connectivity index (χ0) is 20.5. The van der Waals surface area contributed by atoms with Gasteiger partial charge in [-0.2, -0.15) is 5.26 Å². The molecule has 0 bridgehead atoms. The van der Waals surface area contributed by atoms with Gasteiger partial charge in [0.1, 0.15) is 28.7 Å². The van der Waals surface area contributed by atoms with E-state index in [-0.39, 0.29) is 17.5 Å². The molecule has 4 heterocycles. The van der Waals surface area contributed by atoms with Gasteiger partial charge >= 0.3 is 0 Å². The predicted octanol–water partition coefficient (Wildman–Crippen LogP) is 0.649. The van der Waals surface area contributed by atoms with E-state index in [2.05, 4.69) is 16.0 Å². The van der Waals surface area contributed by atoms with Crippen molar-refractivity contribution >= 4 is 34.1 Å². The molecule has 10 nitrogen and oxygen atoms in total. The van der Waals surface area contributed by atoms with Crippen molar-refractivity contribution in [1.29, 1.82) is 5.26 Å². The fourth-order valence-electron chi connectivity index (χ4n) is 3.53. The fraction of sp³-hybridized carbons (Fsp3) is 0.263. The summed E-state index contributed by atoms with van der Waals surface area (Å²) in [6, 6.07) is 7.22. The standard InChI is InChI=1S/C19H19N7O3/c1-28-14-9-11-12(10-20)18(24-17(22)15(11)16(21)23-14)25-4-6-26(7-5-25)19(27)13-3-2-8-29-13/h2-3,8-9H,4-7H2,1H3,(H2,21,23)(H2,22,24)/p+1. The van der Waals surface area contributed by atoms with Gasteiger partial charge in [0.15, 0.2) is 5.76 Å². The molecule has 0 atom stereocenters. The van der Waals surface area contributed by atoms with Crippen molar-refractivity contribution in [2.24, 2.45) is 0 Å². The number of H-pyrrole nitrogens is 1. The predicted molar refractivity (Wildman–Crippen MR) is 105 cm³/mol. The first-order chi connectivity index (χ1) is 14.0. The molecule has 29 heavy (non-hydrogen) atoms. The number of hydrogen-bond donors (Lipinski definition) is 2. The topological polar surface area (TPSA) is 149 Å². The molecular formula is C19H20N7O3+. The highest BCUT2D eigenvalue weighted by Gasteiger charge is 2.28. The van der Waals surface area contributed by atoms with E-state index in [1.165, 1.54) is 13.4 Å². The Balaban J connectivity index is 1.66. The van der Waals surface area contributed by atoms with Gasteiger partial charge in [0.05, 0.1) is 13.4 Å². The zero-order valence-electron chi connectivity index (χ0n) is 15.8. The third kappa shape index (κ3) is 3.12. The molecule has 3 aromatic heterocycles. The Kier molecular flexibility index (Phi) is 4.56. The lowest BCUT2D eigenvalue weighted by atomic mass is 10.1. The Hall–Kier alpha value is -4.00. The van der Waals surface area contributed by atoms with Crippen LogP contribution in [0.15, 0.2) is 28.9 Å². The number of nitriles is 1. The number of piperazine rings is 1. The lowest BCUT2D eigenvalue weighted by Crippen LogP contribution is -2.49. The molecule has 0 saturated carbocycles. The largest absolute Gasteiger partial charge is 0.466 e. The van der Waals surface area contributed by atoms with Gasteiger partial charge in [0.2, 0.25) is 0 Å². The maximum absolute atomic E-state index is 12.5. The maximum atomic E-state index is 12.5. The highest BCUT2D eigenvalue weighted by atomic mass is 16.5. The number of anilines is 3. The van der Waals surface area contributed by atoms with Crippen LogP contribution in [-0.4, -0.2) is 49.1 Å². The molecule has 5 N–H and O–H groups in total. The third-order valence-corrected chi connectivity index (χ3v) is 4.98. The lowest BCUT2D eigenvalue weighted by Gasteiger charge is -2.35. The summed E-state index contributed by atoms with van der Waals surface area (Å²) < 4.78 is 10.4. The quantitative estimate of drug-likeness (QED) is 0.657. The Morgan fingerprint density at radius 1 is 1.34 bits per heavy atom. The van der Waals surface area contributed by atoms with Gasteiger partial charge in [-0.1, -0.05) is 0 Å². The number of furan rings is 1. The van der Waals surface area contributed by atoms with Crippen molar-refractivity contribution in [3.05, 3.63) is 35.8 Å². The van der Waals surface area contributed by atoms with Crippen LogP contribution in [0.5, 0.6) is 5.88 Å². The Labute approximate surface area is 166 Å². The molecule has 1 amide bonds. The highest BCUT2D eigenvalue weighted by Crippen LogP contribution is 2.33. The molecule has 0 spiro atoms. The van der Waals surface area contributed by atoms with Crippen molar-refractivity contribution in [2.45, 2.75) is 0 Å². The van der Waals surface area contributed by atoms with E-state index in [9.17, 15) is 10.1 Å². The summed E-state index contributed by atoms with van der Waals surface area (Å²) in [6.45, 7) is 1.95. The molecular weight excluding hydrogens is 374 g/mol. The van der Waals surface area contributed by atoms with Crippen LogP contribution in [0.3, 0.4) is 0 Å². The first-order valence-corrected chi connectivity index (χ1v) is 9.00. The molecule has 4 rings (SSSR count). The number of hydrogen-bond acceptors (Lipinski definition) is 8. The molecule has 1 saturated heterocycles. The number of rotatable bonds is 3. The molecule has 1 aliphatic rings. The van der Waals surface area contributed by atoms with Gasteiger partial charge in [-0.15, -0.1) is 0 Å². The Morgan fingerprint density at radius 2 is 2.10 bits per heavy atom. The zero-order valence-corrected chi connectivity index (χ0v) is 15.8. The minimum atomic E-state index is -0.158. The number of pyridine rings is 2. The van der Waals surface area contributed by atoms with E-state index in [0.29, 0.717) is 60.0 Å². The van der Waals surface area contributed by atoms with Crippen molar-refractivity contribution in [1.82, 2.24) is 9.88 Å². The number of carbonyl (C=O) groups excluding carboxylic acids is 1. The van der Waals surface area contributed by atoms with E-state index < -0.39 is 0 Å². The monoisotopic (exact) mass is 394 g/mol. The number of methoxy groups -OCH3 is 1. The molecule has 1 aliphatic heterocycles. The van der Waals surface area contributed by atoms with E-state index in [1.54, 1.807) is 23.1 Å². The van der Waals surface area contributed by atoms with Crippen molar-refractivity contribution in [2.75, 3.05) is 49.7 Å². The van der Waals surface area contributed by atoms with Gasteiger partial charge in [-0.25, -0.2) is 9.97 Å². The first-order valence-electron chi connectivity index (χ1n) is 9.00. The number of amides is 1. The lowest BCUT2D eigenvalue weighted by molar-refractivity contribution is -0.374. The van der Waals surface area contributed by atoms with E-state index >= 15 is 0 Å². The molecule has 0 aliphatic carbocycles. The van der Waals surface area contributed by atoms with Crippen LogP contribution in [0.25, 0.3) is 10.8 Å². The number of nitrogen functional groups attached to an aromatic ring is 2.